The van der Waals surface area contributed by atoms with E-state index in [0.29, 0.717) is 25.2 Å². The third-order valence-corrected chi connectivity index (χ3v) is 4.20. The van der Waals surface area contributed by atoms with Gasteiger partial charge in [-0.3, -0.25) is 9.78 Å². The Kier molecular flexibility index (Phi) is 5.06. The lowest BCUT2D eigenvalue weighted by Gasteiger charge is -2.22. The highest BCUT2D eigenvalue weighted by molar-refractivity contribution is 5.99. The maximum absolute atomic E-state index is 9.61. The maximum Gasteiger partial charge on any atom is 0.290 e. The molecule has 26 heavy (non-hydrogen) atoms. The van der Waals surface area contributed by atoms with Gasteiger partial charge in [0.2, 0.25) is 0 Å². The standard InChI is InChI=1S/C18H14N4O.CH2O2/c19-8-14-17(15-10-23-7-5-16(15)22-18(14)20)13-3-1-2-11-9-21-6-4-12(11)13;2-1-3/h1-4,6,9H,5,7,10H2,(H2,20,22);1H,(H,2,3). The second kappa shape index (κ2) is 7.59. The molecule has 0 saturated carbocycles. The topological polar surface area (TPSA) is 122 Å². The molecule has 1 aliphatic rings. The van der Waals surface area contributed by atoms with Gasteiger partial charge in [-0.1, -0.05) is 18.2 Å². The third kappa shape index (κ3) is 3.06. The summed E-state index contributed by atoms with van der Waals surface area (Å²) in [6.45, 7) is 0.832. The number of anilines is 1. The molecule has 0 fully saturated rings. The fourth-order valence-corrected chi connectivity index (χ4v) is 3.15. The van der Waals surface area contributed by atoms with Crippen LogP contribution in [-0.4, -0.2) is 28.2 Å². The molecule has 0 aliphatic carbocycles. The van der Waals surface area contributed by atoms with Crippen molar-refractivity contribution in [1.82, 2.24) is 9.97 Å². The summed E-state index contributed by atoms with van der Waals surface area (Å²) < 4.78 is 5.61. The van der Waals surface area contributed by atoms with E-state index in [-0.39, 0.29) is 12.3 Å². The number of carboxylic acid groups (broad SMARTS) is 1. The fraction of sp³-hybridized carbons (Fsp3) is 0.158. The first-order chi connectivity index (χ1) is 12.7. The molecule has 7 nitrogen and oxygen atoms in total. The fourth-order valence-electron chi connectivity index (χ4n) is 3.15. The Hall–Kier alpha value is -3.50. The summed E-state index contributed by atoms with van der Waals surface area (Å²) in [6.07, 6.45) is 4.29. The first-order valence-corrected chi connectivity index (χ1v) is 7.91. The number of nitrogen functional groups attached to an aromatic ring is 1. The molecule has 7 heteroatoms. The molecule has 4 rings (SSSR count). The Bertz CT molecular complexity index is 1010. The van der Waals surface area contributed by atoms with Crippen LogP contribution in [0.5, 0.6) is 0 Å². The molecule has 3 N–H and O–H groups in total. The minimum atomic E-state index is -0.250. The zero-order valence-corrected chi connectivity index (χ0v) is 13.8. The van der Waals surface area contributed by atoms with E-state index in [9.17, 15) is 5.26 Å². The Morgan fingerprint density at radius 1 is 1.35 bits per heavy atom. The van der Waals surface area contributed by atoms with Crippen LogP contribution in [-0.2, 0) is 22.6 Å². The number of aromatic nitrogens is 2. The van der Waals surface area contributed by atoms with E-state index in [2.05, 4.69) is 16.0 Å². The van der Waals surface area contributed by atoms with Gasteiger partial charge in [-0.15, -0.1) is 0 Å². The average Bonchev–Trinajstić information content (AvgIpc) is 2.67. The zero-order chi connectivity index (χ0) is 18.5. The van der Waals surface area contributed by atoms with E-state index in [0.717, 1.165) is 33.2 Å². The van der Waals surface area contributed by atoms with Crippen LogP contribution >= 0.6 is 0 Å². The van der Waals surface area contributed by atoms with Crippen molar-refractivity contribution in [1.29, 1.82) is 5.26 Å². The number of benzene rings is 1. The number of hydrogen-bond acceptors (Lipinski definition) is 6. The molecular weight excluding hydrogens is 332 g/mol. The van der Waals surface area contributed by atoms with Crippen molar-refractivity contribution in [3.05, 3.63) is 53.5 Å². The highest BCUT2D eigenvalue weighted by Crippen LogP contribution is 2.37. The van der Waals surface area contributed by atoms with Gasteiger partial charge in [0.05, 0.1) is 18.9 Å². The van der Waals surface area contributed by atoms with Crippen molar-refractivity contribution in [2.45, 2.75) is 13.0 Å². The summed E-state index contributed by atoms with van der Waals surface area (Å²) in [7, 11) is 0. The summed E-state index contributed by atoms with van der Waals surface area (Å²) in [4.78, 5) is 16.9. The van der Waals surface area contributed by atoms with Crippen LogP contribution in [0.2, 0.25) is 0 Å². The molecule has 0 saturated heterocycles. The molecule has 3 heterocycles. The number of rotatable bonds is 1. The van der Waals surface area contributed by atoms with Crippen molar-refractivity contribution < 1.29 is 14.6 Å². The number of pyridine rings is 2. The molecule has 0 spiro atoms. The minimum absolute atomic E-state index is 0.250. The van der Waals surface area contributed by atoms with Gasteiger partial charge < -0.3 is 15.6 Å². The molecule has 1 aromatic carbocycles. The van der Waals surface area contributed by atoms with Crippen molar-refractivity contribution in [2.75, 3.05) is 12.3 Å². The van der Waals surface area contributed by atoms with Gasteiger partial charge in [-0.05, 0) is 17.0 Å². The van der Waals surface area contributed by atoms with Crippen LogP contribution in [0.15, 0.2) is 36.7 Å². The molecule has 3 aromatic rings. The SMILES string of the molecule is N#Cc1c(N)nc2c(c1-c1cccc3cnccc13)COCC2.O=CO. The average molecular weight is 348 g/mol. The van der Waals surface area contributed by atoms with E-state index in [1.165, 1.54) is 0 Å². The summed E-state index contributed by atoms with van der Waals surface area (Å²) in [5, 5.41) is 18.6. The lowest BCUT2D eigenvalue weighted by atomic mass is 9.90. The van der Waals surface area contributed by atoms with Crippen molar-refractivity contribution in [2.24, 2.45) is 0 Å². The van der Waals surface area contributed by atoms with Gasteiger partial charge >= 0.3 is 0 Å². The van der Waals surface area contributed by atoms with Crippen LogP contribution in [0.4, 0.5) is 5.82 Å². The molecule has 0 bridgehead atoms. The summed E-state index contributed by atoms with van der Waals surface area (Å²) >= 11 is 0. The predicted octanol–water partition coefficient (Wildman–Crippen LogP) is 2.52. The number of nitrogens with zero attached hydrogens (tertiary/aromatic N) is 3. The van der Waals surface area contributed by atoms with E-state index in [4.69, 9.17) is 20.4 Å². The number of nitriles is 1. The Morgan fingerprint density at radius 2 is 2.15 bits per heavy atom. The lowest BCUT2D eigenvalue weighted by Crippen LogP contribution is -2.16. The number of nitrogens with two attached hydrogens (primary N) is 1. The molecular formula is C19H16N4O3. The maximum atomic E-state index is 9.61. The van der Waals surface area contributed by atoms with Crippen LogP contribution in [0.3, 0.4) is 0 Å². The molecule has 130 valence electrons. The molecule has 0 amide bonds. The Morgan fingerprint density at radius 3 is 2.92 bits per heavy atom. The van der Waals surface area contributed by atoms with Crippen LogP contribution in [0, 0.1) is 11.3 Å². The first kappa shape index (κ1) is 17.3. The number of carbonyl (C=O) groups is 1. The van der Waals surface area contributed by atoms with Gasteiger partial charge in [-0.2, -0.15) is 5.26 Å². The minimum Gasteiger partial charge on any atom is -0.483 e. The van der Waals surface area contributed by atoms with Crippen molar-refractivity contribution >= 4 is 23.1 Å². The van der Waals surface area contributed by atoms with Crippen LogP contribution in [0.1, 0.15) is 16.8 Å². The van der Waals surface area contributed by atoms with Gasteiger partial charge in [0.15, 0.2) is 0 Å². The quantitative estimate of drug-likeness (QED) is 0.648. The Balaban J connectivity index is 0.000000613. The highest BCUT2D eigenvalue weighted by Gasteiger charge is 2.23. The van der Waals surface area contributed by atoms with Crippen LogP contribution < -0.4 is 5.73 Å². The van der Waals surface area contributed by atoms with E-state index >= 15 is 0 Å². The van der Waals surface area contributed by atoms with Gasteiger partial charge in [0.25, 0.3) is 6.47 Å². The van der Waals surface area contributed by atoms with Crippen molar-refractivity contribution in [3.63, 3.8) is 0 Å². The molecule has 0 atom stereocenters. The molecule has 1 aliphatic heterocycles. The van der Waals surface area contributed by atoms with Gasteiger partial charge in [0, 0.05) is 35.3 Å². The number of hydrogen-bond donors (Lipinski definition) is 2. The van der Waals surface area contributed by atoms with E-state index in [1.54, 1.807) is 6.20 Å². The third-order valence-electron chi connectivity index (χ3n) is 4.20. The van der Waals surface area contributed by atoms with Gasteiger partial charge in [0.1, 0.15) is 17.5 Å². The second-order valence-corrected chi connectivity index (χ2v) is 5.59. The summed E-state index contributed by atoms with van der Waals surface area (Å²) in [5.74, 6) is 0.286. The Labute approximate surface area is 149 Å². The van der Waals surface area contributed by atoms with E-state index in [1.807, 2.05) is 30.5 Å². The highest BCUT2D eigenvalue weighted by atomic mass is 16.5. The van der Waals surface area contributed by atoms with Crippen molar-refractivity contribution in [3.8, 4) is 17.2 Å². The number of ether oxygens (including phenoxy) is 1. The monoisotopic (exact) mass is 348 g/mol. The summed E-state index contributed by atoms with van der Waals surface area (Å²) in [6, 6.07) is 10.2. The zero-order valence-electron chi connectivity index (χ0n) is 13.8. The first-order valence-electron chi connectivity index (χ1n) is 7.91. The molecule has 0 unspecified atom stereocenters. The second-order valence-electron chi connectivity index (χ2n) is 5.59. The van der Waals surface area contributed by atoms with Gasteiger partial charge in [-0.25, -0.2) is 4.98 Å². The van der Waals surface area contributed by atoms with E-state index < -0.39 is 0 Å². The normalized spacial score (nSPS) is 12.4. The predicted molar refractivity (Wildman–Crippen MR) is 96.2 cm³/mol. The molecule has 2 aromatic heterocycles. The largest absolute Gasteiger partial charge is 0.483 e. The number of fused-ring (bicyclic) bond motifs is 2. The van der Waals surface area contributed by atoms with Crippen LogP contribution in [0.25, 0.3) is 21.9 Å². The lowest BCUT2D eigenvalue weighted by molar-refractivity contribution is -0.122. The summed E-state index contributed by atoms with van der Waals surface area (Å²) in [5.41, 5.74) is 10.2. The molecule has 0 radical (unpaired) electrons. The smallest absolute Gasteiger partial charge is 0.290 e.